The number of hydrogen-bond acceptors (Lipinski definition) is 8. The van der Waals surface area contributed by atoms with Gasteiger partial charge in [0.1, 0.15) is 29.7 Å². The molecule has 4 N–H and O–H groups in total. The first-order valence-electron chi connectivity index (χ1n) is 11.0. The van der Waals surface area contributed by atoms with E-state index in [-0.39, 0.29) is 19.0 Å². The van der Waals surface area contributed by atoms with Crippen molar-refractivity contribution in [3.63, 3.8) is 0 Å². The van der Waals surface area contributed by atoms with E-state index >= 15 is 0 Å². The van der Waals surface area contributed by atoms with Crippen LogP contribution in [0.1, 0.15) is 32.0 Å². The van der Waals surface area contributed by atoms with Crippen LogP contribution in [0.5, 0.6) is 5.75 Å². The van der Waals surface area contributed by atoms with E-state index in [0.717, 1.165) is 37.5 Å². The molecule has 0 spiro atoms. The number of thiophene rings is 1. The Bertz CT molecular complexity index is 1420. The molecule has 3 heterocycles. The minimum Gasteiger partial charge on any atom is -0.495 e. The molecule has 0 saturated heterocycles. The van der Waals surface area contributed by atoms with Crippen LogP contribution >= 0.6 is 11.3 Å². The first kappa shape index (κ1) is 24.3. The summed E-state index contributed by atoms with van der Waals surface area (Å²) in [6, 6.07) is 8.13. The first-order valence-corrected chi connectivity index (χ1v) is 11.8. The van der Waals surface area contributed by atoms with Gasteiger partial charge >= 0.3 is 6.09 Å². The molecule has 184 valence electrons. The molecule has 0 saturated carbocycles. The van der Waals surface area contributed by atoms with Gasteiger partial charge in [0.05, 0.1) is 24.0 Å². The zero-order chi connectivity index (χ0) is 25.3. The highest BCUT2D eigenvalue weighted by atomic mass is 32.1. The molecule has 0 fully saturated rings. The fourth-order valence-corrected chi connectivity index (χ4v) is 4.86. The number of nitrogens with zero attached hydrogens (tertiary/aromatic N) is 3. The number of carbonyl (C=O) groups excluding carboxylic acids is 2. The highest BCUT2D eigenvalue weighted by molar-refractivity contribution is 7.22. The number of aromatic nitrogens is 3. The van der Waals surface area contributed by atoms with Gasteiger partial charge in [0.25, 0.3) is 0 Å². The number of ether oxygens (including phenoxy) is 2. The Morgan fingerprint density at radius 1 is 1.17 bits per heavy atom. The number of methoxy groups -OCH3 is 1. The molecule has 3 aromatic heterocycles. The lowest BCUT2D eigenvalue weighted by molar-refractivity contribution is -0.120. The molecular weight excluding hydrogens is 468 g/mol. The Morgan fingerprint density at radius 2 is 1.94 bits per heavy atom. The maximum atomic E-state index is 12.3. The summed E-state index contributed by atoms with van der Waals surface area (Å²) in [5, 5.41) is 10.7. The summed E-state index contributed by atoms with van der Waals surface area (Å²) in [5.41, 5.74) is 8.93. The fourth-order valence-electron chi connectivity index (χ4n) is 3.71. The second kappa shape index (κ2) is 9.41. The predicted octanol–water partition coefficient (Wildman–Crippen LogP) is 3.65. The summed E-state index contributed by atoms with van der Waals surface area (Å²) in [5.74, 6) is 0.783. The largest absolute Gasteiger partial charge is 0.495 e. The van der Waals surface area contributed by atoms with Crippen molar-refractivity contribution in [1.29, 1.82) is 0 Å². The monoisotopic (exact) mass is 496 g/mol. The van der Waals surface area contributed by atoms with Crippen molar-refractivity contribution in [1.82, 2.24) is 25.2 Å². The standard InChI is InChI=1S/C24H28N6O4S/c1-13-6-14-8-18(35-21(14)17(7-13)33-5)16-9-15(30-20(16)22(25)28-12-29-30)10-26-19(31)11-27-23(32)34-24(2,3)4/h6-9,12H,10-11H2,1-5H3,(H,26,31)(H,27,32)(H2,25,28,29). The lowest BCUT2D eigenvalue weighted by atomic mass is 10.1. The second-order valence-corrected chi connectivity index (χ2v) is 10.1. The van der Waals surface area contributed by atoms with Crippen LogP contribution in [-0.2, 0) is 16.1 Å². The van der Waals surface area contributed by atoms with Crippen molar-refractivity contribution in [2.24, 2.45) is 0 Å². The number of nitrogens with two attached hydrogens (primary N) is 1. The third kappa shape index (κ3) is 5.29. The lowest BCUT2D eigenvalue weighted by Crippen LogP contribution is -2.39. The van der Waals surface area contributed by atoms with E-state index in [9.17, 15) is 9.59 Å². The maximum Gasteiger partial charge on any atom is 0.408 e. The molecule has 0 aliphatic carbocycles. The molecule has 0 radical (unpaired) electrons. The van der Waals surface area contributed by atoms with Crippen molar-refractivity contribution in [2.75, 3.05) is 19.4 Å². The Kier molecular flexibility index (Phi) is 6.53. The molecule has 0 atom stereocenters. The van der Waals surface area contributed by atoms with Gasteiger partial charge < -0.3 is 25.8 Å². The smallest absolute Gasteiger partial charge is 0.408 e. The van der Waals surface area contributed by atoms with Crippen molar-refractivity contribution in [3.05, 3.63) is 41.9 Å². The van der Waals surface area contributed by atoms with Gasteiger partial charge in [0.2, 0.25) is 5.91 Å². The minimum absolute atomic E-state index is 0.180. The van der Waals surface area contributed by atoms with Crippen LogP contribution in [0.3, 0.4) is 0 Å². The summed E-state index contributed by atoms with van der Waals surface area (Å²) in [7, 11) is 1.66. The molecular formula is C24H28N6O4S. The number of carbonyl (C=O) groups is 2. The van der Waals surface area contributed by atoms with Crippen LogP contribution in [0.15, 0.2) is 30.6 Å². The molecule has 1 aromatic carbocycles. The van der Waals surface area contributed by atoms with Gasteiger partial charge in [-0.3, -0.25) is 4.79 Å². The quantitative estimate of drug-likeness (QED) is 0.371. The van der Waals surface area contributed by atoms with E-state index in [1.165, 1.54) is 6.33 Å². The predicted molar refractivity (Wildman–Crippen MR) is 136 cm³/mol. The number of aryl methyl sites for hydroxylation is 1. The van der Waals surface area contributed by atoms with Gasteiger partial charge in [-0.25, -0.2) is 14.3 Å². The number of benzene rings is 1. The Balaban J connectivity index is 1.59. The molecule has 10 nitrogen and oxygen atoms in total. The zero-order valence-corrected chi connectivity index (χ0v) is 21.1. The summed E-state index contributed by atoms with van der Waals surface area (Å²) >= 11 is 1.59. The number of amides is 2. The molecule has 4 aromatic rings. The molecule has 4 rings (SSSR count). The van der Waals surface area contributed by atoms with Crippen molar-refractivity contribution in [2.45, 2.75) is 39.8 Å². The maximum absolute atomic E-state index is 12.3. The number of fused-ring (bicyclic) bond motifs is 2. The summed E-state index contributed by atoms with van der Waals surface area (Å²) in [6.07, 6.45) is 0.720. The van der Waals surface area contributed by atoms with E-state index < -0.39 is 11.7 Å². The third-order valence-corrected chi connectivity index (χ3v) is 6.33. The van der Waals surface area contributed by atoms with Crippen molar-refractivity contribution in [3.8, 4) is 16.2 Å². The Morgan fingerprint density at radius 3 is 2.66 bits per heavy atom. The number of nitrogen functional groups attached to an aromatic ring is 1. The average Bonchev–Trinajstić information content (AvgIpc) is 3.36. The van der Waals surface area contributed by atoms with Crippen LogP contribution in [0.2, 0.25) is 0 Å². The second-order valence-electron chi connectivity index (χ2n) is 9.08. The van der Waals surface area contributed by atoms with Gasteiger partial charge in [-0.05, 0) is 56.8 Å². The van der Waals surface area contributed by atoms with E-state index in [4.69, 9.17) is 15.2 Å². The first-order chi connectivity index (χ1) is 16.6. The fraction of sp³-hybridized carbons (Fsp3) is 0.333. The summed E-state index contributed by atoms with van der Waals surface area (Å²) < 4.78 is 13.4. The van der Waals surface area contributed by atoms with Crippen LogP contribution < -0.4 is 21.1 Å². The molecule has 2 amide bonds. The van der Waals surface area contributed by atoms with Crippen molar-refractivity contribution >= 4 is 44.8 Å². The van der Waals surface area contributed by atoms with Crippen LogP contribution in [0.25, 0.3) is 26.0 Å². The summed E-state index contributed by atoms with van der Waals surface area (Å²) in [6.45, 7) is 7.25. The zero-order valence-electron chi connectivity index (χ0n) is 20.3. The molecule has 11 heteroatoms. The molecule has 0 aliphatic rings. The van der Waals surface area contributed by atoms with Crippen LogP contribution in [0, 0.1) is 6.92 Å². The molecule has 35 heavy (non-hydrogen) atoms. The van der Waals surface area contributed by atoms with Gasteiger partial charge in [-0.1, -0.05) is 6.07 Å². The van der Waals surface area contributed by atoms with Gasteiger partial charge in [-0.2, -0.15) is 5.10 Å². The summed E-state index contributed by atoms with van der Waals surface area (Å²) in [4.78, 5) is 29.3. The van der Waals surface area contributed by atoms with Gasteiger partial charge in [-0.15, -0.1) is 11.3 Å². The normalized spacial score (nSPS) is 11.6. The number of rotatable bonds is 6. The highest BCUT2D eigenvalue weighted by Crippen LogP contribution is 2.42. The van der Waals surface area contributed by atoms with Crippen LogP contribution in [-0.4, -0.2) is 45.9 Å². The van der Waals surface area contributed by atoms with E-state index in [0.29, 0.717) is 11.3 Å². The van der Waals surface area contributed by atoms with Gasteiger partial charge in [0, 0.05) is 10.4 Å². The number of nitrogens with one attached hydrogen (secondary N) is 2. The molecule has 0 bridgehead atoms. The minimum atomic E-state index is -0.654. The van der Waals surface area contributed by atoms with Gasteiger partial charge in [0.15, 0.2) is 5.82 Å². The molecule has 0 aliphatic heterocycles. The Labute approximate surface area is 206 Å². The molecule has 0 unspecified atom stereocenters. The Hall–Kier alpha value is -3.86. The number of hydrogen-bond donors (Lipinski definition) is 3. The van der Waals surface area contributed by atoms with E-state index in [1.54, 1.807) is 43.7 Å². The lowest BCUT2D eigenvalue weighted by Gasteiger charge is -2.19. The highest BCUT2D eigenvalue weighted by Gasteiger charge is 2.20. The van der Waals surface area contributed by atoms with E-state index in [2.05, 4.69) is 32.8 Å². The average molecular weight is 497 g/mol. The van der Waals surface area contributed by atoms with Crippen LogP contribution in [0.4, 0.5) is 10.6 Å². The number of alkyl carbamates (subject to hydrolysis) is 1. The topological polar surface area (TPSA) is 133 Å². The van der Waals surface area contributed by atoms with E-state index in [1.807, 2.05) is 19.1 Å². The third-order valence-electron chi connectivity index (χ3n) is 5.13. The SMILES string of the molecule is COc1cc(C)cc2cc(-c3cc(CNC(=O)CNC(=O)OC(C)(C)C)n4ncnc(N)c34)sc12. The van der Waals surface area contributed by atoms with Crippen molar-refractivity contribution < 1.29 is 19.1 Å². The number of anilines is 1.